The normalized spacial score (nSPS) is 12.2. The molecule has 3 aromatic rings. The van der Waals surface area contributed by atoms with Crippen molar-refractivity contribution in [2.45, 2.75) is 19.9 Å². The van der Waals surface area contributed by atoms with Crippen molar-refractivity contribution in [3.05, 3.63) is 101 Å². The first-order valence-corrected chi connectivity index (χ1v) is 8.43. The van der Waals surface area contributed by atoms with Crippen LogP contribution < -0.4 is 24.8 Å². The molecule has 0 heterocycles. The topological polar surface area (TPSA) is 14.1 Å². The molecule has 1 nitrogen and oxygen atoms in total. The van der Waals surface area contributed by atoms with Crippen LogP contribution in [-0.2, 0) is 28.3 Å². The fraction of sp³-hybridized carbons (Fsp3) is 0.130. The minimum Gasteiger partial charge on any atom is -1.00 e. The minimum atomic E-state index is 0. The molecule has 0 N–H and O–H groups in total. The molecule has 4 rings (SSSR count). The van der Waals surface area contributed by atoms with Gasteiger partial charge >= 0.3 is 21.7 Å². The first kappa shape index (κ1) is 23.5. The van der Waals surface area contributed by atoms with E-state index in [9.17, 15) is 0 Å². The van der Waals surface area contributed by atoms with Gasteiger partial charge in [-0.25, -0.2) is 0 Å². The van der Waals surface area contributed by atoms with Gasteiger partial charge in [-0.3, -0.25) is 0 Å². The van der Waals surface area contributed by atoms with Crippen LogP contribution in [-0.4, -0.2) is 0 Å². The fourth-order valence-corrected chi connectivity index (χ4v) is 3.43. The second-order valence-corrected chi connectivity index (χ2v) is 6.23. The van der Waals surface area contributed by atoms with Crippen molar-refractivity contribution in [3.8, 4) is 0 Å². The van der Waals surface area contributed by atoms with Gasteiger partial charge in [0.1, 0.15) is 0 Å². The summed E-state index contributed by atoms with van der Waals surface area (Å²) in [6.07, 6.45) is 5.49. The van der Waals surface area contributed by atoms with E-state index >= 15 is 0 Å². The summed E-state index contributed by atoms with van der Waals surface area (Å²) in [5.74, 6) is 0. The van der Waals surface area contributed by atoms with Gasteiger partial charge in [-0.1, -0.05) is 84.4 Å². The van der Waals surface area contributed by atoms with Crippen LogP contribution in [0.4, 0.5) is 5.69 Å². The summed E-state index contributed by atoms with van der Waals surface area (Å²) in [5, 5.41) is 7.43. The van der Waals surface area contributed by atoms with Crippen molar-refractivity contribution in [2.24, 2.45) is 0 Å². The largest absolute Gasteiger partial charge is 3.00 e. The number of allylic oxidation sites excluding steroid dienone is 4. The van der Waals surface area contributed by atoms with Crippen LogP contribution in [0.5, 0.6) is 0 Å². The van der Waals surface area contributed by atoms with Gasteiger partial charge in [0, 0.05) is 0 Å². The molecule has 0 aliphatic heterocycles. The van der Waals surface area contributed by atoms with Crippen molar-refractivity contribution in [2.75, 3.05) is 0 Å². The van der Waals surface area contributed by atoms with Crippen molar-refractivity contribution < 1.29 is 46.5 Å². The summed E-state index contributed by atoms with van der Waals surface area (Å²) >= 11 is 0. The maximum Gasteiger partial charge on any atom is 3.00 e. The molecule has 0 saturated heterocycles. The maximum absolute atomic E-state index is 4.84. The van der Waals surface area contributed by atoms with Gasteiger partial charge in [0.05, 0.1) is 0 Å². The van der Waals surface area contributed by atoms with Crippen LogP contribution in [0.3, 0.4) is 0 Å². The molecule has 1 aliphatic rings. The van der Waals surface area contributed by atoms with Gasteiger partial charge < -0.3 is 30.1 Å². The summed E-state index contributed by atoms with van der Waals surface area (Å²) in [4.78, 5) is 0. The van der Waals surface area contributed by atoms with Crippen LogP contribution in [0.25, 0.3) is 21.7 Å². The smallest absolute Gasteiger partial charge is 1.00 e. The second-order valence-electron chi connectivity index (χ2n) is 6.23. The number of nitrogens with zero attached hydrogens (tertiary/aromatic N) is 1. The number of hydrogen-bond donors (Lipinski definition) is 0. The van der Waals surface area contributed by atoms with Gasteiger partial charge in [-0.05, 0) is 40.8 Å². The second kappa shape index (κ2) is 10.7. The first-order valence-electron chi connectivity index (χ1n) is 8.43. The van der Waals surface area contributed by atoms with E-state index in [4.69, 9.17) is 5.32 Å². The molecule has 3 aromatic carbocycles. The summed E-state index contributed by atoms with van der Waals surface area (Å²) in [7, 11) is 0. The molecule has 0 amide bonds. The van der Waals surface area contributed by atoms with Crippen LogP contribution in [0.15, 0.2) is 84.5 Å². The third kappa shape index (κ3) is 5.06. The summed E-state index contributed by atoms with van der Waals surface area (Å²) in [5.41, 5.74) is 6.50. The van der Waals surface area contributed by atoms with Crippen molar-refractivity contribution in [1.29, 1.82) is 0 Å². The monoisotopic (exact) mass is 428 g/mol. The van der Waals surface area contributed by atoms with E-state index in [1.54, 1.807) is 0 Å². The number of benzene rings is 3. The minimum absolute atomic E-state index is 0. The SMILES string of the molecule is CC1=C(c2ccc3ccccc3c2C[N-]c2ccccc2)CC=C1.[Cl-].[Cl-].[Ti+3]. The third-order valence-corrected chi connectivity index (χ3v) is 4.71. The molecule has 0 bridgehead atoms. The van der Waals surface area contributed by atoms with E-state index in [1.165, 1.54) is 33.0 Å². The molecule has 0 aromatic heterocycles. The number of halogens is 2. The molecular formula is C23H20Cl2NTi. The van der Waals surface area contributed by atoms with Crippen molar-refractivity contribution >= 4 is 22.0 Å². The van der Waals surface area contributed by atoms with E-state index < -0.39 is 0 Å². The molecule has 0 saturated carbocycles. The molecule has 27 heavy (non-hydrogen) atoms. The zero-order valence-electron chi connectivity index (χ0n) is 15.1. The Kier molecular flexibility index (Phi) is 9.35. The quantitative estimate of drug-likeness (QED) is 0.545. The van der Waals surface area contributed by atoms with Gasteiger partial charge in [0.15, 0.2) is 0 Å². The zero-order valence-corrected chi connectivity index (χ0v) is 18.2. The van der Waals surface area contributed by atoms with Crippen LogP contribution in [0, 0.1) is 0 Å². The summed E-state index contributed by atoms with van der Waals surface area (Å²) < 4.78 is 0. The van der Waals surface area contributed by atoms with E-state index in [2.05, 4.69) is 67.6 Å². The maximum atomic E-state index is 4.84. The Morgan fingerprint density at radius 2 is 1.56 bits per heavy atom. The number of para-hydroxylation sites is 1. The Balaban J connectivity index is 0.00000121. The molecule has 1 radical (unpaired) electrons. The van der Waals surface area contributed by atoms with E-state index in [0.29, 0.717) is 6.54 Å². The van der Waals surface area contributed by atoms with Crippen LogP contribution in [0.2, 0.25) is 0 Å². The predicted octanol–water partition coefficient (Wildman–Crippen LogP) is 0.784. The van der Waals surface area contributed by atoms with Gasteiger partial charge in [0.25, 0.3) is 0 Å². The standard InChI is InChI=1S/C23H20N.2ClH.Ti/c1-17-8-7-13-20(17)22-15-14-18-9-5-6-12-21(18)23(22)16-24-19-10-3-2-4-11-19;;;/h2-12,14-15H,13,16H2,1H3;2*1H;/q-1;;;+3/p-2. The number of fused-ring (bicyclic) bond motifs is 1. The van der Waals surface area contributed by atoms with E-state index in [1.807, 2.05) is 18.2 Å². The van der Waals surface area contributed by atoms with E-state index in [0.717, 1.165) is 12.1 Å². The Morgan fingerprint density at radius 3 is 2.26 bits per heavy atom. The summed E-state index contributed by atoms with van der Waals surface area (Å²) in [6, 6.07) is 23.3. The van der Waals surface area contributed by atoms with E-state index in [-0.39, 0.29) is 46.5 Å². The molecular weight excluding hydrogens is 409 g/mol. The first-order chi connectivity index (χ1) is 11.8. The van der Waals surface area contributed by atoms with Gasteiger partial charge in [-0.2, -0.15) is 0 Å². The summed E-state index contributed by atoms with van der Waals surface area (Å²) in [6.45, 7) is 2.91. The van der Waals surface area contributed by atoms with Gasteiger partial charge in [-0.15, -0.1) is 12.2 Å². The Bertz CT molecular complexity index is 949. The van der Waals surface area contributed by atoms with Crippen LogP contribution in [0.1, 0.15) is 24.5 Å². The molecule has 0 spiro atoms. The average Bonchev–Trinajstić information content (AvgIpc) is 3.06. The molecule has 4 heteroatoms. The molecule has 0 unspecified atom stereocenters. The van der Waals surface area contributed by atoms with Crippen LogP contribution >= 0.6 is 0 Å². The Labute approximate surface area is 188 Å². The Morgan fingerprint density at radius 1 is 0.852 bits per heavy atom. The molecule has 0 fully saturated rings. The average molecular weight is 429 g/mol. The van der Waals surface area contributed by atoms with Crippen molar-refractivity contribution in [1.82, 2.24) is 0 Å². The zero-order chi connectivity index (χ0) is 16.4. The Hall–Kier alpha value is -1.51. The number of hydrogen-bond acceptors (Lipinski definition) is 0. The third-order valence-electron chi connectivity index (χ3n) is 4.71. The van der Waals surface area contributed by atoms with Crippen molar-refractivity contribution in [3.63, 3.8) is 0 Å². The molecule has 0 atom stereocenters. The molecule has 135 valence electrons. The fourth-order valence-electron chi connectivity index (χ4n) is 3.43. The molecule has 1 aliphatic carbocycles. The van der Waals surface area contributed by atoms with Gasteiger partial charge in [0.2, 0.25) is 0 Å². The predicted molar refractivity (Wildman–Crippen MR) is 103 cm³/mol. The number of rotatable bonds is 4.